The van der Waals surface area contributed by atoms with Crippen molar-refractivity contribution in [3.63, 3.8) is 0 Å². The van der Waals surface area contributed by atoms with Crippen LogP contribution in [0.15, 0.2) is 48.5 Å². The van der Waals surface area contributed by atoms with Gasteiger partial charge in [-0.1, -0.05) is 41.9 Å². The summed E-state index contributed by atoms with van der Waals surface area (Å²) in [6.45, 7) is 4.06. The van der Waals surface area contributed by atoms with E-state index in [2.05, 4.69) is 5.32 Å². The number of carbonyl (C=O) groups excluding carboxylic acids is 2. The van der Waals surface area contributed by atoms with Crippen molar-refractivity contribution in [1.29, 1.82) is 0 Å². The lowest BCUT2D eigenvalue weighted by Gasteiger charge is -2.45. The molecule has 5 atom stereocenters. The number of hydrogen-bond acceptors (Lipinski definition) is 3. The highest BCUT2D eigenvalue weighted by molar-refractivity contribution is 6.30. The maximum Gasteiger partial charge on any atom is 0.247 e. The van der Waals surface area contributed by atoms with Crippen LogP contribution in [0.3, 0.4) is 0 Å². The van der Waals surface area contributed by atoms with Crippen molar-refractivity contribution in [2.24, 2.45) is 5.92 Å². The van der Waals surface area contributed by atoms with Gasteiger partial charge in [0, 0.05) is 22.4 Å². The quantitative estimate of drug-likeness (QED) is 0.804. The second kappa shape index (κ2) is 5.98. The number of nitrogens with zero attached hydrogens (tertiary/aromatic N) is 1. The largest absolute Gasteiger partial charge is 0.493 e. The Hall–Kier alpha value is -2.53. The first-order valence-corrected chi connectivity index (χ1v) is 9.92. The Balaban J connectivity index is 1.76. The van der Waals surface area contributed by atoms with E-state index in [1.165, 1.54) is 0 Å². The average Bonchev–Trinajstić information content (AvgIpc) is 2.97. The lowest BCUT2D eigenvalue weighted by Crippen LogP contribution is -2.68. The molecule has 0 spiro atoms. The SMILES string of the molecule is CC1NC(=O)[C@@]2(C)C(c3ccccc3)C3COc4ccc(Cl)cc4C3N2C1=O. The molecule has 0 bridgehead atoms. The fourth-order valence-electron chi connectivity index (χ4n) is 5.32. The summed E-state index contributed by atoms with van der Waals surface area (Å²) in [4.78, 5) is 28.4. The smallest absolute Gasteiger partial charge is 0.247 e. The molecule has 2 fully saturated rings. The van der Waals surface area contributed by atoms with Crippen LogP contribution in [0.2, 0.25) is 5.02 Å². The van der Waals surface area contributed by atoms with Gasteiger partial charge in [0.05, 0.1) is 12.6 Å². The number of carbonyl (C=O) groups is 2. The molecule has 1 N–H and O–H groups in total. The molecule has 4 unspecified atom stereocenters. The summed E-state index contributed by atoms with van der Waals surface area (Å²) in [7, 11) is 0. The molecule has 5 rings (SSSR count). The molecular weight excluding hydrogens is 376 g/mol. The summed E-state index contributed by atoms with van der Waals surface area (Å²) in [5.74, 6) is 0.323. The molecule has 2 saturated heterocycles. The molecule has 3 aliphatic rings. The second-order valence-electron chi connectivity index (χ2n) is 8.04. The van der Waals surface area contributed by atoms with Crippen molar-refractivity contribution in [2.45, 2.75) is 37.4 Å². The molecule has 0 aromatic heterocycles. The van der Waals surface area contributed by atoms with Crippen LogP contribution in [0.4, 0.5) is 0 Å². The molecule has 3 heterocycles. The number of piperazine rings is 1. The Morgan fingerprint density at radius 3 is 2.68 bits per heavy atom. The van der Waals surface area contributed by atoms with Gasteiger partial charge in [-0.25, -0.2) is 0 Å². The zero-order valence-electron chi connectivity index (χ0n) is 15.7. The standard InChI is InChI=1S/C22H21ClN2O3/c1-12-20(26)25-19-15-10-14(23)8-9-17(15)28-11-16(19)18(13-6-4-3-5-7-13)22(25,2)21(27)24-12/h3-10,12,16,18-19H,11H2,1-2H3,(H,24,27)/t12?,16?,18?,19?,22-/m1/s1. The van der Waals surface area contributed by atoms with E-state index < -0.39 is 11.6 Å². The van der Waals surface area contributed by atoms with Crippen LogP contribution >= 0.6 is 11.6 Å². The molecule has 0 radical (unpaired) electrons. The lowest BCUT2D eigenvalue weighted by atomic mass is 9.73. The molecule has 0 saturated carbocycles. The predicted octanol–water partition coefficient (Wildman–Crippen LogP) is 3.29. The number of ether oxygens (including phenoxy) is 1. The summed E-state index contributed by atoms with van der Waals surface area (Å²) >= 11 is 6.29. The number of benzene rings is 2. The third-order valence-corrected chi connectivity index (χ3v) is 6.75. The van der Waals surface area contributed by atoms with E-state index >= 15 is 0 Å². The van der Waals surface area contributed by atoms with E-state index in [4.69, 9.17) is 16.3 Å². The first-order chi connectivity index (χ1) is 13.4. The molecule has 28 heavy (non-hydrogen) atoms. The van der Waals surface area contributed by atoms with Crippen molar-refractivity contribution in [3.05, 3.63) is 64.7 Å². The van der Waals surface area contributed by atoms with Crippen LogP contribution in [0.25, 0.3) is 0 Å². The Kier molecular flexibility index (Phi) is 3.75. The zero-order chi connectivity index (χ0) is 19.6. The summed E-state index contributed by atoms with van der Waals surface area (Å²) in [5, 5.41) is 3.48. The Labute approximate surface area is 168 Å². The third kappa shape index (κ3) is 2.20. The van der Waals surface area contributed by atoms with Gasteiger partial charge in [0.2, 0.25) is 11.8 Å². The molecule has 0 aliphatic carbocycles. The zero-order valence-corrected chi connectivity index (χ0v) is 16.4. The molecular formula is C22H21ClN2O3. The van der Waals surface area contributed by atoms with E-state index in [0.717, 1.165) is 16.9 Å². The maximum atomic E-state index is 13.3. The predicted molar refractivity (Wildman–Crippen MR) is 105 cm³/mol. The van der Waals surface area contributed by atoms with Crippen molar-refractivity contribution in [3.8, 4) is 5.75 Å². The van der Waals surface area contributed by atoms with E-state index in [-0.39, 0.29) is 29.7 Å². The summed E-state index contributed by atoms with van der Waals surface area (Å²) in [6.07, 6.45) is 0. The number of amides is 2. The minimum absolute atomic E-state index is 0.0432. The average molecular weight is 397 g/mol. The highest BCUT2D eigenvalue weighted by Crippen LogP contribution is 2.59. The van der Waals surface area contributed by atoms with E-state index in [1.54, 1.807) is 17.9 Å². The molecule has 3 aliphatic heterocycles. The Morgan fingerprint density at radius 2 is 1.93 bits per heavy atom. The fourth-order valence-corrected chi connectivity index (χ4v) is 5.50. The van der Waals surface area contributed by atoms with Crippen molar-refractivity contribution >= 4 is 23.4 Å². The van der Waals surface area contributed by atoms with Gasteiger partial charge in [-0.2, -0.15) is 0 Å². The molecule has 144 valence electrons. The van der Waals surface area contributed by atoms with E-state index in [0.29, 0.717) is 11.6 Å². The monoisotopic (exact) mass is 396 g/mol. The maximum absolute atomic E-state index is 13.3. The lowest BCUT2D eigenvalue weighted by molar-refractivity contribution is -0.156. The Bertz CT molecular complexity index is 979. The highest BCUT2D eigenvalue weighted by Gasteiger charge is 2.66. The molecule has 5 nitrogen and oxygen atoms in total. The van der Waals surface area contributed by atoms with Gasteiger partial charge in [-0.15, -0.1) is 0 Å². The van der Waals surface area contributed by atoms with Crippen LogP contribution in [0.1, 0.15) is 36.9 Å². The highest BCUT2D eigenvalue weighted by atomic mass is 35.5. The number of rotatable bonds is 1. The summed E-state index contributed by atoms with van der Waals surface area (Å²) in [6, 6.07) is 14.6. The minimum Gasteiger partial charge on any atom is -0.493 e. The van der Waals surface area contributed by atoms with Crippen LogP contribution in [-0.2, 0) is 9.59 Å². The molecule has 6 heteroatoms. The van der Waals surface area contributed by atoms with Crippen molar-refractivity contribution in [1.82, 2.24) is 10.2 Å². The van der Waals surface area contributed by atoms with Gasteiger partial charge in [0.1, 0.15) is 17.3 Å². The molecule has 2 amide bonds. The van der Waals surface area contributed by atoms with Gasteiger partial charge in [0.15, 0.2) is 0 Å². The first-order valence-electron chi connectivity index (χ1n) is 9.54. The van der Waals surface area contributed by atoms with Crippen LogP contribution in [0.5, 0.6) is 5.75 Å². The second-order valence-corrected chi connectivity index (χ2v) is 8.48. The van der Waals surface area contributed by atoms with Gasteiger partial charge < -0.3 is 15.0 Å². The Morgan fingerprint density at radius 1 is 1.18 bits per heavy atom. The topological polar surface area (TPSA) is 58.6 Å². The molecule has 2 aromatic rings. The van der Waals surface area contributed by atoms with Gasteiger partial charge in [-0.3, -0.25) is 9.59 Å². The van der Waals surface area contributed by atoms with Crippen LogP contribution in [-0.4, -0.2) is 34.9 Å². The third-order valence-electron chi connectivity index (χ3n) is 6.51. The van der Waals surface area contributed by atoms with Gasteiger partial charge >= 0.3 is 0 Å². The van der Waals surface area contributed by atoms with Crippen LogP contribution in [0, 0.1) is 5.92 Å². The van der Waals surface area contributed by atoms with Gasteiger partial charge in [0.25, 0.3) is 0 Å². The van der Waals surface area contributed by atoms with Gasteiger partial charge in [-0.05, 0) is 37.6 Å². The number of hydrogen-bond donors (Lipinski definition) is 1. The molecule has 2 aromatic carbocycles. The minimum atomic E-state index is -0.992. The van der Waals surface area contributed by atoms with Crippen molar-refractivity contribution < 1.29 is 14.3 Å². The van der Waals surface area contributed by atoms with E-state index in [9.17, 15) is 9.59 Å². The van der Waals surface area contributed by atoms with Crippen molar-refractivity contribution in [2.75, 3.05) is 6.61 Å². The fraction of sp³-hybridized carbons (Fsp3) is 0.364. The number of nitrogens with one attached hydrogen (secondary N) is 1. The summed E-state index contributed by atoms with van der Waals surface area (Å²) in [5.41, 5.74) is 0.922. The summed E-state index contributed by atoms with van der Waals surface area (Å²) < 4.78 is 6.06. The van der Waals surface area contributed by atoms with E-state index in [1.807, 2.05) is 49.4 Å². The first kappa shape index (κ1) is 17.6. The normalized spacial score (nSPS) is 33.5. The number of fused-ring (bicyclic) bond motifs is 5. The number of halogens is 1. The van der Waals surface area contributed by atoms with Crippen LogP contribution < -0.4 is 10.1 Å².